The van der Waals surface area contributed by atoms with Gasteiger partial charge in [-0.3, -0.25) is 0 Å². The Hall–Kier alpha value is -0.580. The summed E-state index contributed by atoms with van der Waals surface area (Å²) < 4.78 is 2.22. The Kier molecular flexibility index (Phi) is 3.34. The van der Waals surface area contributed by atoms with Crippen molar-refractivity contribution in [3.8, 4) is 0 Å². The van der Waals surface area contributed by atoms with Gasteiger partial charge in [-0.15, -0.1) is 22.7 Å². The number of rotatable bonds is 2. The van der Waals surface area contributed by atoms with Crippen molar-refractivity contribution in [3.63, 3.8) is 0 Å². The van der Waals surface area contributed by atoms with Gasteiger partial charge in [0.25, 0.3) is 0 Å². The number of benzene rings is 1. The predicted octanol–water partition coefficient (Wildman–Crippen LogP) is 5.35. The summed E-state index contributed by atoms with van der Waals surface area (Å²) in [6, 6.07) is 9.66. The normalized spacial score (nSPS) is 13.1. The van der Waals surface area contributed by atoms with Crippen LogP contribution in [-0.4, -0.2) is 5.11 Å². The highest BCUT2D eigenvalue weighted by molar-refractivity contribution is 7.20. The summed E-state index contributed by atoms with van der Waals surface area (Å²) >= 11 is 14.9. The number of fused-ring (bicyclic) bond motifs is 1. The van der Waals surface area contributed by atoms with Crippen LogP contribution in [-0.2, 0) is 0 Å². The summed E-state index contributed by atoms with van der Waals surface area (Å²) in [7, 11) is 0. The van der Waals surface area contributed by atoms with Crippen molar-refractivity contribution in [1.82, 2.24) is 0 Å². The van der Waals surface area contributed by atoms with Crippen LogP contribution in [0, 0.1) is 0 Å². The van der Waals surface area contributed by atoms with Gasteiger partial charge in [0.1, 0.15) is 10.4 Å². The van der Waals surface area contributed by atoms with Crippen molar-refractivity contribution >= 4 is 56.0 Å². The van der Waals surface area contributed by atoms with Gasteiger partial charge in [-0.05, 0) is 22.9 Å². The lowest BCUT2D eigenvalue weighted by Gasteiger charge is -2.11. The van der Waals surface area contributed by atoms with E-state index >= 15 is 0 Å². The summed E-state index contributed by atoms with van der Waals surface area (Å²) in [5.74, 6) is 0. The van der Waals surface area contributed by atoms with Crippen molar-refractivity contribution in [3.05, 3.63) is 55.5 Å². The average molecular weight is 315 g/mol. The van der Waals surface area contributed by atoms with E-state index < -0.39 is 6.10 Å². The smallest absolute Gasteiger partial charge is 0.108 e. The Morgan fingerprint density at radius 1 is 1.11 bits per heavy atom. The Balaban J connectivity index is 2.14. The highest BCUT2D eigenvalue weighted by Gasteiger charge is 2.19. The summed E-state index contributed by atoms with van der Waals surface area (Å²) in [4.78, 5) is 0. The molecule has 0 spiro atoms. The van der Waals surface area contributed by atoms with E-state index in [1.54, 1.807) is 17.4 Å². The summed E-state index contributed by atoms with van der Waals surface area (Å²) in [5.41, 5.74) is 1.55. The van der Waals surface area contributed by atoms with Gasteiger partial charge in [-0.25, -0.2) is 0 Å². The van der Waals surface area contributed by atoms with Gasteiger partial charge in [-0.1, -0.05) is 41.4 Å². The van der Waals surface area contributed by atoms with Gasteiger partial charge < -0.3 is 5.11 Å². The zero-order valence-electron chi connectivity index (χ0n) is 9.06. The second-order valence-corrected chi connectivity index (χ2v) is 7.07. The Morgan fingerprint density at radius 3 is 2.67 bits per heavy atom. The van der Waals surface area contributed by atoms with Crippen LogP contribution in [0.2, 0.25) is 8.67 Å². The maximum Gasteiger partial charge on any atom is 0.108 e. The molecule has 3 rings (SSSR count). The number of aliphatic hydroxyl groups is 1. The van der Waals surface area contributed by atoms with Crippen LogP contribution >= 0.6 is 45.9 Å². The second kappa shape index (κ2) is 4.83. The first-order valence-electron chi connectivity index (χ1n) is 5.25. The molecule has 2 aromatic heterocycles. The molecule has 18 heavy (non-hydrogen) atoms. The minimum Gasteiger partial charge on any atom is -0.384 e. The van der Waals surface area contributed by atoms with Crippen molar-refractivity contribution in [2.75, 3.05) is 0 Å². The van der Waals surface area contributed by atoms with Gasteiger partial charge in [0.15, 0.2) is 0 Å². The molecule has 0 aliphatic carbocycles. The predicted molar refractivity (Wildman–Crippen MR) is 80.2 cm³/mol. The molecular weight excluding hydrogens is 307 g/mol. The van der Waals surface area contributed by atoms with Crippen LogP contribution in [0.1, 0.15) is 17.2 Å². The lowest BCUT2D eigenvalue weighted by molar-refractivity contribution is 0.222. The van der Waals surface area contributed by atoms with Crippen LogP contribution in [0.5, 0.6) is 0 Å². The quantitative estimate of drug-likeness (QED) is 0.676. The van der Waals surface area contributed by atoms with E-state index in [-0.39, 0.29) is 0 Å². The molecule has 1 aromatic carbocycles. The number of hydrogen-bond donors (Lipinski definition) is 1. The van der Waals surface area contributed by atoms with E-state index in [1.165, 1.54) is 11.3 Å². The zero-order chi connectivity index (χ0) is 12.7. The Labute approximate surface area is 122 Å². The molecule has 0 fully saturated rings. The SMILES string of the molecule is OC(c1cc(Cl)sc1Cl)c1cccc2ccsc12. The Bertz CT molecular complexity index is 702. The monoisotopic (exact) mass is 314 g/mol. The molecule has 92 valence electrons. The molecule has 3 aromatic rings. The van der Waals surface area contributed by atoms with Crippen molar-refractivity contribution in [2.45, 2.75) is 6.10 Å². The summed E-state index contributed by atoms with van der Waals surface area (Å²) in [5, 5.41) is 13.6. The van der Waals surface area contributed by atoms with Crippen LogP contribution in [0.3, 0.4) is 0 Å². The third-order valence-electron chi connectivity index (χ3n) is 2.78. The molecule has 0 amide bonds. The molecule has 1 nitrogen and oxygen atoms in total. The fourth-order valence-corrected chi connectivity index (χ4v) is 4.40. The minimum atomic E-state index is -0.733. The van der Waals surface area contributed by atoms with Gasteiger partial charge in [0, 0.05) is 15.8 Å². The largest absolute Gasteiger partial charge is 0.384 e. The van der Waals surface area contributed by atoms with Crippen LogP contribution in [0.25, 0.3) is 10.1 Å². The average Bonchev–Trinajstić information content (AvgIpc) is 2.94. The van der Waals surface area contributed by atoms with E-state index in [0.29, 0.717) is 14.2 Å². The molecule has 1 atom stereocenters. The third kappa shape index (κ3) is 2.06. The molecule has 1 N–H and O–H groups in total. The Morgan fingerprint density at radius 2 is 1.94 bits per heavy atom. The maximum atomic E-state index is 10.5. The van der Waals surface area contributed by atoms with Crippen molar-refractivity contribution in [1.29, 1.82) is 0 Å². The highest BCUT2D eigenvalue weighted by Crippen LogP contribution is 2.39. The molecule has 2 heterocycles. The number of aliphatic hydroxyl groups excluding tert-OH is 1. The second-order valence-electron chi connectivity index (χ2n) is 3.87. The van der Waals surface area contributed by atoms with E-state index in [9.17, 15) is 5.11 Å². The molecule has 5 heteroatoms. The van der Waals surface area contributed by atoms with E-state index in [2.05, 4.69) is 0 Å². The standard InChI is InChI=1S/C13H8Cl2OS2/c14-10-6-9(13(15)18-10)11(16)8-3-1-2-7-4-5-17-12(7)8/h1-6,11,16H. The molecule has 0 saturated heterocycles. The van der Waals surface area contributed by atoms with Gasteiger partial charge in [0.05, 0.1) is 4.34 Å². The van der Waals surface area contributed by atoms with Crippen LogP contribution in [0.4, 0.5) is 0 Å². The van der Waals surface area contributed by atoms with E-state index in [0.717, 1.165) is 15.6 Å². The van der Waals surface area contributed by atoms with Crippen molar-refractivity contribution < 1.29 is 5.11 Å². The fourth-order valence-electron chi connectivity index (χ4n) is 1.94. The first kappa shape index (κ1) is 12.5. The maximum absolute atomic E-state index is 10.5. The minimum absolute atomic E-state index is 0.543. The summed E-state index contributed by atoms with van der Waals surface area (Å²) in [6.07, 6.45) is -0.733. The van der Waals surface area contributed by atoms with E-state index in [1.807, 2.05) is 29.6 Å². The molecule has 0 aliphatic rings. The topological polar surface area (TPSA) is 20.2 Å². The molecule has 0 bridgehead atoms. The molecule has 0 radical (unpaired) electrons. The van der Waals surface area contributed by atoms with Crippen LogP contribution < -0.4 is 0 Å². The summed E-state index contributed by atoms with van der Waals surface area (Å²) in [6.45, 7) is 0. The lowest BCUT2D eigenvalue weighted by atomic mass is 10.0. The fraction of sp³-hybridized carbons (Fsp3) is 0.0769. The molecule has 1 unspecified atom stereocenters. The first-order chi connectivity index (χ1) is 8.66. The molecular formula is C13H8Cl2OS2. The van der Waals surface area contributed by atoms with E-state index in [4.69, 9.17) is 23.2 Å². The molecule has 0 aliphatic heterocycles. The number of thiophene rings is 2. The first-order valence-corrected chi connectivity index (χ1v) is 7.71. The highest BCUT2D eigenvalue weighted by atomic mass is 35.5. The number of hydrogen-bond acceptors (Lipinski definition) is 3. The third-order valence-corrected chi connectivity index (χ3v) is 5.28. The molecule has 0 saturated carbocycles. The zero-order valence-corrected chi connectivity index (χ0v) is 12.2. The number of halogens is 2. The lowest BCUT2D eigenvalue weighted by Crippen LogP contribution is -1.98. The van der Waals surface area contributed by atoms with Gasteiger partial charge in [0.2, 0.25) is 0 Å². The van der Waals surface area contributed by atoms with Gasteiger partial charge in [-0.2, -0.15) is 0 Å². The van der Waals surface area contributed by atoms with Gasteiger partial charge >= 0.3 is 0 Å². The van der Waals surface area contributed by atoms with Crippen molar-refractivity contribution in [2.24, 2.45) is 0 Å². The van der Waals surface area contributed by atoms with Crippen LogP contribution in [0.15, 0.2) is 35.7 Å².